The largest absolute Gasteiger partial charge is 0.208 e. The third-order valence-corrected chi connectivity index (χ3v) is 10.1. The Morgan fingerprint density at radius 1 is 0.265 bits per heavy atom. The average molecular weight is 644 g/mol. The molecule has 0 atom stereocenters. The third kappa shape index (κ3) is 5.69. The summed E-state index contributed by atoms with van der Waals surface area (Å²) < 4.78 is 2.50. The Morgan fingerprint density at radius 2 is 0.673 bits per heavy atom. The molecule has 0 fully saturated rings. The van der Waals surface area contributed by atoms with Crippen molar-refractivity contribution in [1.82, 2.24) is 15.0 Å². The molecule has 0 aliphatic heterocycles. The second kappa shape index (κ2) is 12.4. The summed E-state index contributed by atoms with van der Waals surface area (Å²) >= 11 is 1.80. The second-order valence-corrected chi connectivity index (χ2v) is 13.2. The van der Waals surface area contributed by atoms with Gasteiger partial charge in [0.05, 0.1) is 0 Å². The lowest BCUT2D eigenvalue weighted by molar-refractivity contribution is 1.07. The average Bonchev–Trinajstić information content (AvgIpc) is 3.57. The molecule has 0 amide bonds. The first kappa shape index (κ1) is 29.0. The van der Waals surface area contributed by atoms with Gasteiger partial charge in [-0.3, -0.25) is 0 Å². The fourth-order valence-corrected chi connectivity index (χ4v) is 7.56. The number of hydrogen-bond acceptors (Lipinski definition) is 4. The van der Waals surface area contributed by atoms with E-state index in [1.807, 2.05) is 36.4 Å². The van der Waals surface area contributed by atoms with E-state index in [-0.39, 0.29) is 0 Å². The van der Waals surface area contributed by atoms with Gasteiger partial charge < -0.3 is 0 Å². The van der Waals surface area contributed by atoms with Crippen molar-refractivity contribution in [2.45, 2.75) is 0 Å². The zero-order valence-corrected chi connectivity index (χ0v) is 27.3. The highest BCUT2D eigenvalue weighted by Crippen LogP contribution is 2.37. The number of aromatic nitrogens is 3. The van der Waals surface area contributed by atoms with E-state index in [0.717, 1.165) is 27.8 Å². The smallest absolute Gasteiger partial charge is 0.164 e. The second-order valence-electron chi connectivity index (χ2n) is 12.1. The lowest BCUT2D eigenvalue weighted by Gasteiger charge is -2.11. The molecule has 0 bridgehead atoms. The van der Waals surface area contributed by atoms with Gasteiger partial charge in [-0.15, -0.1) is 11.3 Å². The Bertz CT molecular complexity index is 2590. The highest BCUT2D eigenvalue weighted by Gasteiger charge is 2.15. The van der Waals surface area contributed by atoms with Gasteiger partial charge in [0.25, 0.3) is 0 Å². The van der Waals surface area contributed by atoms with Crippen LogP contribution < -0.4 is 0 Å². The van der Waals surface area contributed by atoms with Gasteiger partial charge in [-0.25, -0.2) is 15.0 Å². The van der Waals surface area contributed by atoms with E-state index in [1.54, 1.807) is 11.3 Å². The minimum absolute atomic E-state index is 0.648. The van der Waals surface area contributed by atoms with E-state index in [2.05, 4.69) is 140 Å². The number of nitrogens with zero attached hydrogens (tertiary/aromatic N) is 3. The number of thiophene rings is 1. The topological polar surface area (TPSA) is 38.7 Å². The molecule has 0 saturated carbocycles. The van der Waals surface area contributed by atoms with Crippen LogP contribution in [-0.2, 0) is 0 Å². The molecule has 0 spiro atoms. The molecule has 49 heavy (non-hydrogen) atoms. The molecule has 9 aromatic rings. The maximum Gasteiger partial charge on any atom is 0.164 e. The summed E-state index contributed by atoms with van der Waals surface area (Å²) in [5, 5.41) is 2.53. The van der Waals surface area contributed by atoms with Crippen LogP contribution >= 0.6 is 11.3 Å². The quantitative estimate of drug-likeness (QED) is 0.181. The molecule has 2 aromatic heterocycles. The maximum absolute atomic E-state index is 5.08. The first-order valence-corrected chi connectivity index (χ1v) is 17.2. The lowest BCUT2D eigenvalue weighted by atomic mass is 9.96. The maximum atomic E-state index is 5.08. The van der Waals surface area contributed by atoms with Crippen molar-refractivity contribution in [3.8, 4) is 67.5 Å². The zero-order valence-electron chi connectivity index (χ0n) is 26.5. The number of benzene rings is 7. The molecule has 0 aliphatic rings. The van der Waals surface area contributed by atoms with Crippen molar-refractivity contribution in [3.05, 3.63) is 176 Å². The Kier molecular flexibility index (Phi) is 7.34. The monoisotopic (exact) mass is 643 g/mol. The Hall–Kier alpha value is -6.23. The van der Waals surface area contributed by atoms with Gasteiger partial charge in [0.1, 0.15) is 0 Å². The molecule has 3 nitrogen and oxygen atoms in total. The van der Waals surface area contributed by atoms with Crippen LogP contribution in [0.1, 0.15) is 0 Å². The number of hydrogen-bond donors (Lipinski definition) is 0. The highest BCUT2D eigenvalue weighted by molar-refractivity contribution is 7.25. The molecule has 0 unspecified atom stereocenters. The zero-order chi connectivity index (χ0) is 32.6. The van der Waals surface area contributed by atoms with Crippen LogP contribution in [0.25, 0.3) is 87.7 Å². The summed E-state index contributed by atoms with van der Waals surface area (Å²) in [6, 6.07) is 61.7. The molecular weight excluding hydrogens is 615 g/mol. The summed E-state index contributed by atoms with van der Waals surface area (Å²) in [5.41, 5.74) is 9.91. The summed E-state index contributed by atoms with van der Waals surface area (Å²) in [7, 11) is 0. The van der Waals surface area contributed by atoms with E-state index in [9.17, 15) is 0 Å². The molecule has 230 valence electrons. The van der Waals surface area contributed by atoms with Crippen LogP contribution in [0.5, 0.6) is 0 Å². The van der Waals surface area contributed by atoms with Crippen molar-refractivity contribution in [2.24, 2.45) is 0 Å². The Balaban J connectivity index is 1.10. The lowest BCUT2D eigenvalue weighted by Crippen LogP contribution is -2.00. The third-order valence-electron chi connectivity index (χ3n) is 8.95. The normalized spacial score (nSPS) is 11.3. The van der Waals surface area contributed by atoms with Gasteiger partial charge in [-0.2, -0.15) is 0 Å². The predicted octanol–water partition coefficient (Wildman–Crippen LogP) is 12.2. The first-order chi connectivity index (χ1) is 24.2. The van der Waals surface area contributed by atoms with Crippen molar-refractivity contribution in [2.75, 3.05) is 0 Å². The van der Waals surface area contributed by atoms with E-state index in [4.69, 9.17) is 15.0 Å². The minimum atomic E-state index is 0.648. The van der Waals surface area contributed by atoms with Crippen LogP contribution in [0.15, 0.2) is 176 Å². The molecule has 7 aromatic carbocycles. The van der Waals surface area contributed by atoms with E-state index >= 15 is 0 Å². The summed E-state index contributed by atoms with van der Waals surface area (Å²) in [6.07, 6.45) is 0. The van der Waals surface area contributed by atoms with Gasteiger partial charge >= 0.3 is 0 Å². The highest BCUT2D eigenvalue weighted by atomic mass is 32.1. The minimum Gasteiger partial charge on any atom is -0.208 e. The molecular formula is C45H29N3S. The number of rotatable bonds is 6. The fourth-order valence-electron chi connectivity index (χ4n) is 6.42. The van der Waals surface area contributed by atoms with Gasteiger partial charge in [0.15, 0.2) is 17.5 Å². The van der Waals surface area contributed by atoms with Gasteiger partial charge in [-0.05, 0) is 57.6 Å². The standard InChI is InChI=1S/C45H29N3S/c1-3-11-30(12-4-1)31-21-23-32(24-22-31)34-15-9-16-35(27-34)36-17-10-18-37(28-36)44-46-43(33-13-5-2-6-14-33)47-45(48-44)38-25-26-40-39-19-7-8-20-41(39)49-42(40)29-38/h1-29H. The first-order valence-electron chi connectivity index (χ1n) is 16.4. The predicted molar refractivity (Wildman–Crippen MR) is 205 cm³/mol. The van der Waals surface area contributed by atoms with Crippen LogP contribution in [0.4, 0.5) is 0 Å². The van der Waals surface area contributed by atoms with E-state index in [0.29, 0.717) is 17.5 Å². The molecule has 2 heterocycles. The van der Waals surface area contributed by atoms with E-state index < -0.39 is 0 Å². The van der Waals surface area contributed by atoms with Crippen molar-refractivity contribution in [1.29, 1.82) is 0 Å². The molecule has 4 heteroatoms. The number of fused-ring (bicyclic) bond motifs is 3. The van der Waals surface area contributed by atoms with E-state index in [1.165, 1.54) is 42.4 Å². The molecule has 0 N–H and O–H groups in total. The van der Waals surface area contributed by atoms with Gasteiger partial charge in [0, 0.05) is 36.9 Å². The Morgan fingerprint density at radius 3 is 1.35 bits per heavy atom. The summed E-state index contributed by atoms with van der Waals surface area (Å²) in [5.74, 6) is 1.97. The van der Waals surface area contributed by atoms with Crippen LogP contribution in [0, 0.1) is 0 Å². The summed E-state index contributed by atoms with van der Waals surface area (Å²) in [6.45, 7) is 0. The molecule has 0 radical (unpaired) electrons. The van der Waals surface area contributed by atoms with Gasteiger partial charge in [0.2, 0.25) is 0 Å². The van der Waals surface area contributed by atoms with Crippen LogP contribution in [0.2, 0.25) is 0 Å². The molecule has 0 aliphatic carbocycles. The SMILES string of the molecule is c1ccc(-c2ccc(-c3cccc(-c4cccc(-c5nc(-c6ccccc6)nc(-c6ccc7c(c6)sc6ccccc67)n5)c4)c3)cc2)cc1. The van der Waals surface area contributed by atoms with Crippen molar-refractivity contribution >= 4 is 31.5 Å². The van der Waals surface area contributed by atoms with Gasteiger partial charge in [-0.1, -0.05) is 152 Å². The Labute approximate surface area is 288 Å². The van der Waals surface area contributed by atoms with Crippen molar-refractivity contribution < 1.29 is 0 Å². The summed E-state index contributed by atoms with van der Waals surface area (Å²) in [4.78, 5) is 15.1. The van der Waals surface area contributed by atoms with Crippen molar-refractivity contribution in [3.63, 3.8) is 0 Å². The van der Waals surface area contributed by atoms with Crippen LogP contribution in [0.3, 0.4) is 0 Å². The fraction of sp³-hybridized carbons (Fsp3) is 0. The molecule has 9 rings (SSSR count). The van der Waals surface area contributed by atoms with Crippen LogP contribution in [-0.4, -0.2) is 15.0 Å². The molecule has 0 saturated heterocycles.